The van der Waals surface area contributed by atoms with Crippen LogP contribution in [0, 0.1) is 12.1 Å². The van der Waals surface area contributed by atoms with Crippen molar-refractivity contribution in [2.75, 3.05) is 0 Å². The fraction of sp³-hybridized carbons (Fsp3) is 0.111. The molecule has 1 N–H and O–H groups in total. The first kappa shape index (κ1) is 6.58. The molecule has 1 aromatic rings. The lowest BCUT2D eigenvalue weighted by Gasteiger charge is -2.12. The molecule has 0 spiro atoms. The van der Waals surface area contributed by atoms with Gasteiger partial charge in [-0.3, -0.25) is 0 Å². The van der Waals surface area contributed by atoms with Crippen LogP contribution >= 0.6 is 0 Å². The van der Waals surface area contributed by atoms with Gasteiger partial charge >= 0.3 is 0 Å². The highest BCUT2D eigenvalue weighted by molar-refractivity contribution is 5.64. The van der Waals surface area contributed by atoms with Crippen molar-refractivity contribution in [1.82, 2.24) is 0 Å². The molecule has 0 radical (unpaired) electrons. The Labute approximate surface area is 65.3 Å². The van der Waals surface area contributed by atoms with E-state index in [1.54, 1.807) is 6.20 Å². The maximum absolute atomic E-state index is 11.1. The minimum atomic E-state index is 0.125. The number of fused-ring (bicyclic) bond motifs is 1. The van der Waals surface area contributed by atoms with Gasteiger partial charge in [0, 0.05) is 17.7 Å². The highest BCUT2D eigenvalue weighted by Crippen LogP contribution is 2.17. The Morgan fingerprint density at radius 3 is 3.00 bits per heavy atom. The second-order valence-electron chi connectivity index (χ2n) is 2.79. The van der Waals surface area contributed by atoms with Crippen LogP contribution in [0.25, 0.3) is 6.08 Å². The molecule has 1 aromatic carbocycles. The zero-order chi connectivity index (χ0) is 7.84. The predicted molar refractivity (Wildman–Crippen MR) is 44.2 cm³/mol. The highest BCUT2D eigenvalue weighted by atomic mass is 16.5. The normalized spacial score (nSPS) is 20.4. The Hall–Kier alpha value is -1.12. The van der Waals surface area contributed by atoms with Gasteiger partial charge in [0.25, 0.3) is 0 Å². The Bertz CT molecular complexity index is 317. The van der Waals surface area contributed by atoms with Gasteiger partial charge in [-0.15, -0.1) is 0 Å². The van der Waals surface area contributed by atoms with E-state index in [1.165, 1.54) is 5.56 Å². The van der Waals surface area contributed by atoms with E-state index in [0.29, 0.717) is 0 Å². The van der Waals surface area contributed by atoms with Crippen molar-refractivity contribution in [1.29, 1.82) is 0 Å². The van der Waals surface area contributed by atoms with Gasteiger partial charge in [0.15, 0.2) is 0 Å². The second-order valence-corrected chi connectivity index (χ2v) is 2.79. The molecule has 1 aliphatic rings. The fourth-order valence-corrected chi connectivity index (χ4v) is 1.30. The van der Waals surface area contributed by atoms with Crippen molar-refractivity contribution in [2.24, 2.45) is 0 Å². The zero-order valence-corrected chi connectivity index (χ0v) is 6.29. The third-order valence-electron chi connectivity index (χ3n) is 1.89. The van der Waals surface area contributed by atoms with E-state index in [-0.39, 0.29) is 5.06 Å². The smallest absolute Gasteiger partial charge is 0.143 e. The van der Waals surface area contributed by atoms with E-state index in [0.717, 1.165) is 11.3 Å². The molecule has 1 aliphatic heterocycles. The van der Waals surface area contributed by atoms with Crippen LogP contribution in [-0.4, -0.2) is 0 Å². The third-order valence-corrected chi connectivity index (χ3v) is 1.89. The number of benzene rings is 1. The number of nitrogens with one attached hydrogen (secondary N) is 1. The lowest BCUT2D eigenvalue weighted by Crippen LogP contribution is -2.95. The van der Waals surface area contributed by atoms with Crippen molar-refractivity contribution in [3.63, 3.8) is 0 Å². The molecule has 1 heterocycles. The van der Waals surface area contributed by atoms with Gasteiger partial charge in [-0.25, -0.2) is 0 Å². The maximum Gasteiger partial charge on any atom is 0.143 e. The summed E-state index contributed by atoms with van der Waals surface area (Å²) >= 11 is 0. The lowest BCUT2D eigenvalue weighted by molar-refractivity contribution is -0.710. The highest BCUT2D eigenvalue weighted by Gasteiger charge is 2.11. The van der Waals surface area contributed by atoms with Crippen LogP contribution in [0.5, 0.6) is 0 Å². The summed E-state index contributed by atoms with van der Waals surface area (Å²) in [6.45, 7) is 2.02. The van der Waals surface area contributed by atoms with Crippen molar-refractivity contribution >= 4 is 11.8 Å². The zero-order valence-electron chi connectivity index (χ0n) is 6.29. The molecule has 0 saturated heterocycles. The minimum Gasteiger partial charge on any atom is -0.624 e. The largest absolute Gasteiger partial charge is 0.624 e. The van der Waals surface area contributed by atoms with E-state index in [1.807, 2.05) is 31.2 Å². The van der Waals surface area contributed by atoms with Crippen LogP contribution in [0.4, 0.5) is 5.69 Å². The molecule has 0 saturated carbocycles. The predicted octanol–water partition coefficient (Wildman–Crippen LogP) is 0.994. The molecular weight excluding hydrogens is 138 g/mol. The van der Waals surface area contributed by atoms with Crippen LogP contribution in [0.15, 0.2) is 24.4 Å². The first-order valence-electron chi connectivity index (χ1n) is 3.60. The van der Waals surface area contributed by atoms with Gasteiger partial charge in [-0.05, 0) is 13.0 Å². The van der Waals surface area contributed by atoms with Crippen molar-refractivity contribution in [3.05, 3.63) is 40.7 Å². The van der Waals surface area contributed by atoms with E-state index in [9.17, 15) is 5.21 Å². The Kier molecular flexibility index (Phi) is 1.31. The number of hydrogen-bond donors (Lipinski definition) is 1. The summed E-state index contributed by atoms with van der Waals surface area (Å²) in [7, 11) is 0. The fourth-order valence-electron chi connectivity index (χ4n) is 1.30. The molecule has 0 bridgehead atoms. The summed E-state index contributed by atoms with van der Waals surface area (Å²) in [6, 6.07) is 5.87. The first-order chi connectivity index (χ1) is 5.27. The summed E-state index contributed by atoms with van der Waals surface area (Å²) in [5.74, 6) is 0. The molecule has 2 rings (SSSR count). The third kappa shape index (κ3) is 0.964. The van der Waals surface area contributed by atoms with Gasteiger partial charge < -0.3 is 10.3 Å². The number of hydrogen-bond acceptors (Lipinski definition) is 1. The molecule has 0 aliphatic carbocycles. The molecule has 0 aromatic heterocycles. The van der Waals surface area contributed by atoms with E-state index in [4.69, 9.17) is 0 Å². The van der Waals surface area contributed by atoms with Gasteiger partial charge in [0.05, 0.1) is 0 Å². The number of aryl methyl sites for hydroxylation is 1. The first-order valence-corrected chi connectivity index (χ1v) is 3.60. The SMILES string of the molecule is Cc1ccc2c(c1)C=C[NH+]2[O-]. The molecule has 11 heavy (non-hydrogen) atoms. The van der Waals surface area contributed by atoms with Crippen LogP contribution in [0.3, 0.4) is 0 Å². The Morgan fingerprint density at radius 2 is 2.18 bits per heavy atom. The minimum absolute atomic E-state index is 0.125. The lowest BCUT2D eigenvalue weighted by atomic mass is 10.1. The summed E-state index contributed by atoms with van der Waals surface area (Å²) < 4.78 is 0. The molecule has 2 nitrogen and oxygen atoms in total. The van der Waals surface area contributed by atoms with Crippen molar-refractivity contribution < 1.29 is 5.06 Å². The molecule has 0 amide bonds. The summed E-state index contributed by atoms with van der Waals surface area (Å²) in [4.78, 5) is 0. The quantitative estimate of drug-likeness (QED) is 0.544. The van der Waals surface area contributed by atoms with Gasteiger partial charge in [0.1, 0.15) is 11.9 Å². The van der Waals surface area contributed by atoms with Gasteiger partial charge in [0.2, 0.25) is 0 Å². The van der Waals surface area contributed by atoms with E-state index < -0.39 is 0 Å². The standard InChI is InChI=1S/C9H9NO/c1-7-2-3-9-8(6-7)4-5-10(9)11/h2-6,10H,1H3. The number of rotatable bonds is 0. The molecule has 1 unspecified atom stereocenters. The summed E-state index contributed by atoms with van der Waals surface area (Å²) in [5.41, 5.74) is 3.08. The molecular formula is C9H9NO. The average molecular weight is 147 g/mol. The molecule has 1 atom stereocenters. The van der Waals surface area contributed by atoms with Gasteiger partial charge in [-0.2, -0.15) is 0 Å². The summed E-state index contributed by atoms with van der Waals surface area (Å²) in [5, 5.41) is 11.2. The monoisotopic (exact) mass is 147 g/mol. The second kappa shape index (κ2) is 2.19. The van der Waals surface area contributed by atoms with Crippen LogP contribution in [0.1, 0.15) is 11.1 Å². The topological polar surface area (TPSA) is 27.5 Å². The van der Waals surface area contributed by atoms with E-state index in [2.05, 4.69) is 0 Å². The van der Waals surface area contributed by atoms with Crippen LogP contribution in [0.2, 0.25) is 0 Å². The number of hydroxylamine groups is 1. The summed E-state index contributed by atoms with van der Waals surface area (Å²) in [6.07, 6.45) is 3.48. The van der Waals surface area contributed by atoms with Crippen molar-refractivity contribution in [2.45, 2.75) is 6.92 Å². The molecule has 2 heteroatoms. The van der Waals surface area contributed by atoms with E-state index >= 15 is 0 Å². The number of quaternary nitrogens is 1. The molecule has 56 valence electrons. The van der Waals surface area contributed by atoms with Crippen LogP contribution < -0.4 is 5.06 Å². The van der Waals surface area contributed by atoms with Crippen molar-refractivity contribution in [3.8, 4) is 0 Å². The van der Waals surface area contributed by atoms with Crippen LogP contribution in [-0.2, 0) is 0 Å². The Morgan fingerprint density at radius 1 is 1.36 bits per heavy atom. The Balaban J connectivity index is 2.58. The average Bonchev–Trinajstić information content (AvgIpc) is 2.32. The van der Waals surface area contributed by atoms with Gasteiger partial charge in [-0.1, -0.05) is 11.6 Å². The molecule has 0 fully saturated rings. The maximum atomic E-state index is 11.1.